The molecule has 0 unspecified atom stereocenters. The molecule has 0 N–H and O–H groups in total. The molecule has 0 fully saturated rings. The molecule has 2 aromatic carbocycles. The number of allylic oxidation sites excluding steroid dienone is 2. The van der Waals surface area contributed by atoms with Crippen LogP contribution in [0.1, 0.15) is 25.0 Å². The lowest BCUT2D eigenvalue weighted by atomic mass is 9.97. The number of hydrogen-bond acceptors (Lipinski definition) is 4. The van der Waals surface area contributed by atoms with Gasteiger partial charge in [0.15, 0.2) is 0 Å². The van der Waals surface area contributed by atoms with Crippen molar-refractivity contribution in [3.05, 3.63) is 77.9 Å². The second kappa shape index (κ2) is 10.1. The van der Waals surface area contributed by atoms with Gasteiger partial charge in [0.2, 0.25) is 0 Å². The summed E-state index contributed by atoms with van der Waals surface area (Å²) in [6.07, 6.45) is 5.02. The average molecular weight is 352 g/mol. The van der Waals surface area contributed by atoms with Gasteiger partial charge in [0.1, 0.15) is 11.5 Å². The quantitative estimate of drug-likeness (QED) is 0.394. The minimum atomic E-state index is -0.357. The number of esters is 1. The third-order valence-electron chi connectivity index (χ3n) is 3.66. The molecule has 2 aromatic rings. The zero-order valence-electron chi connectivity index (χ0n) is 15.4. The summed E-state index contributed by atoms with van der Waals surface area (Å²) < 4.78 is 15.7. The van der Waals surface area contributed by atoms with E-state index in [4.69, 9.17) is 14.2 Å². The summed E-state index contributed by atoms with van der Waals surface area (Å²) in [5, 5.41) is 0. The molecule has 2 rings (SSSR count). The van der Waals surface area contributed by atoms with Crippen molar-refractivity contribution >= 4 is 11.5 Å². The molecule has 0 bridgehead atoms. The number of rotatable bonds is 8. The molecule has 0 atom stereocenters. The molecular formula is C22H24O4. The lowest BCUT2D eigenvalue weighted by Gasteiger charge is -2.10. The highest BCUT2D eigenvalue weighted by Gasteiger charge is 2.06. The highest BCUT2D eigenvalue weighted by molar-refractivity contribution is 5.85. The van der Waals surface area contributed by atoms with E-state index in [2.05, 4.69) is 0 Å². The fourth-order valence-corrected chi connectivity index (χ4v) is 2.44. The van der Waals surface area contributed by atoms with Gasteiger partial charge in [-0.15, -0.1) is 0 Å². The molecule has 0 radical (unpaired) electrons. The van der Waals surface area contributed by atoms with Crippen LogP contribution >= 0.6 is 0 Å². The molecule has 0 amide bonds. The van der Waals surface area contributed by atoms with Crippen LogP contribution in [0.15, 0.2) is 66.8 Å². The molecule has 0 aromatic heterocycles. The van der Waals surface area contributed by atoms with Gasteiger partial charge in [-0.25, -0.2) is 4.79 Å². The Balaban J connectivity index is 2.35. The topological polar surface area (TPSA) is 44.8 Å². The van der Waals surface area contributed by atoms with Crippen molar-refractivity contribution in [3.8, 4) is 11.5 Å². The molecule has 0 saturated carbocycles. The van der Waals surface area contributed by atoms with Crippen molar-refractivity contribution < 1.29 is 19.0 Å². The standard InChI is InChI=1S/C22H24O4/c1-4-25-20-15-11-18(12-16-20)21(7-6-8-22(23)26-5-2)17-9-13-19(24-3)14-10-17/h6-16H,4-5H2,1-3H3. The number of ether oxygens (including phenoxy) is 3. The van der Waals surface area contributed by atoms with E-state index in [9.17, 15) is 4.79 Å². The first kappa shape index (κ1) is 19.3. The van der Waals surface area contributed by atoms with Crippen LogP contribution in [0, 0.1) is 0 Å². The molecule has 0 aliphatic heterocycles. The number of carbonyl (C=O) groups excluding carboxylic acids is 1. The summed E-state index contributed by atoms with van der Waals surface area (Å²) in [4.78, 5) is 11.5. The SMILES string of the molecule is CCOC(=O)C=CC=C(c1ccc(OC)cc1)c1ccc(OCC)cc1. The number of carbonyl (C=O) groups is 1. The third kappa shape index (κ3) is 5.52. The van der Waals surface area contributed by atoms with Crippen LogP contribution in [0.3, 0.4) is 0 Å². The summed E-state index contributed by atoms with van der Waals surface area (Å²) in [5.74, 6) is 1.26. The zero-order chi connectivity index (χ0) is 18.8. The molecule has 0 saturated heterocycles. The number of hydrogen-bond donors (Lipinski definition) is 0. The minimum absolute atomic E-state index is 0.357. The number of benzene rings is 2. The monoisotopic (exact) mass is 352 g/mol. The summed E-state index contributed by atoms with van der Waals surface area (Å²) >= 11 is 0. The maximum absolute atomic E-state index is 11.5. The first-order chi connectivity index (χ1) is 12.7. The maximum atomic E-state index is 11.5. The predicted octanol–water partition coefficient (Wildman–Crippen LogP) is 4.64. The molecule has 0 aliphatic rings. The van der Waals surface area contributed by atoms with Gasteiger partial charge >= 0.3 is 5.97 Å². The largest absolute Gasteiger partial charge is 0.497 e. The summed E-state index contributed by atoms with van der Waals surface area (Å²) in [5.41, 5.74) is 3.02. The van der Waals surface area contributed by atoms with Crippen molar-refractivity contribution in [2.24, 2.45) is 0 Å². The maximum Gasteiger partial charge on any atom is 0.330 e. The van der Waals surface area contributed by atoms with Gasteiger partial charge in [-0.2, -0.15) is 0 Å². The van der Waals surface area contributed by atoms with Crippen LogP contribution < -0.4 is 9.47 Å². The van der Waals surface area contributed by atoms with E-state index >= 15 is 0 Å². The Morgan fingerprint density at radius 1 is 0.885 bits per heavy atom. The van der Waals surface area contributed by atoms with Crippen molar-refractivity contribution in [2.45, 2.75) is 13.8 Å². The van der Waals surface area contributed by atoms with E-state index < -0.39 is 0 Å². The van der Waals surface area contributed by atoms with E-state index in [1.807, 2.05) is 61.5 Å². The summed E-state index contributed by atoms with van der Waals surface area (Å²) in [6.45, 7) is 4.72. The second-order valence-electron chi connectivity index (χ2n) is 5.38. The molecule has 4 nitrogen and oxygen atoms in total. The van der Waals surface area contributed by atoms with E-state index in [0.717, 1.165) is 28.2 Å². The van der Waals surface area contributed by atoms with E-state index in [0.29, 0.717) is 13.2 Å². The van der Waals surface area contributed by atoms with Gasteiger partial charge < -0.3 is 14.2 Å². The minimum Gasteiger partial charge on any atom is -0.497 e. The van der Waals surface area contributed by atoms with E-state index in [1.165, 1.54) is 6.08 Å². The molecule has 136 valence electrons. The molecule has 26 heavy (non-hydrogen) atoms. The van der Waals surface area contributed by atoms with Crippen LogP contribution in [0.5, 0.6) is 11.5 Å². The Morgan fingerprint density at radius 3 is 1.96 bits per heavy atom. The van der Waals surface area contributed by atoms with Gasteiger partial charge in [-0.1, -0.05) is 36.4 Å². The van der Waals surface area contributed by atoms with E-state index in [-0.39, 0.29) is 5.97 Å². The van der Waals surface area contributed by atoms with Crippen molar-refractivity contribution in [3.63, 3.8) is 0 Å². The Labute approximate surface area is 154 Å². The van der Waals surface area contributed by atoms with Crippen molar-refractivity contribution in [1.82, 2.24) is 0 Å². The molecule has 0 spiro atoms. The zero-order valence-corrected chi connectivity index (χ0v) is 15.4. The molecule has 0 aliphatic carbocycles. The third-order valence-corrected chi connectivity index (χ3v) is 3.66. The normalized spacial score (nSPS) is 11.4. The van der Waals surface area contributed by atoms with Crippen LogP contribution in [-0.2, 0) is 9.53 Å². The van der Waals surface area contributed by atoms with Crippen LogP contribution in [-0.4, -0.2) is 26.3 Å². The highest BCUT2D eigenvalue weighted by Crippen LogP contribution is 2.27. The molecular weight excluding hydrogens is 328 g/mol. The van der Waals surface area contributed by atoms with Gasteiger partial charge in [0.25, 0.3) is 0 Å². The predicted molar refractivity (Wildman–Crippen MR) is 103 cm³/mol. The fraction of sp³-hybridized carbons (Fsp3) is 0.227. The van der Waals surface area contributed by atoms with Gasteiger partial charge in [0, 0.05) is 6.08 Å². The smallest absolute Gasteiger partial charge is 0.330 e. The van der Waals surface area contributed by atoms with Gasteiger partial charge in [0.05, 0.1) is 20.3 Å². The van der Waals surface area contributed by atoms with Crippen LogP contribution in [0.4, 0.5) is 0 Å². The Bertz CT molecular complexity index is 756. The van der Waals surface area contributed by atoms with Crippen LogP contribution in [0.2, 0.25) is 0 Å². The number of methoxy groups -OCH3 is 1. The molecule has 0 heterocycles. The Hall–Kier alpha value is -3.01. The van der Waals surface area contributed by atoms with Crippen LogP contribution in [0.25, 0.3) is 5.57 Å². The van der Waals surface area contributed by atoms with Crippen molar-refractivity contribution in [2.75, 3.05) is 20.3 Å². The Kier molecular flexibility index (Phi) is 7.49. The van der Waals surface area contributed by atoms with E-state index in [1.54, 1.807) is 20.1 Å². The fourth-order valence-electron chi connectivity index (χ4n) is 2.44. The lowest BCUT2D eigenvalue weighted by molar-refractivity contribution is -0.137. The first-order valence-corrected chi connectivity index (χ1v) is 8.60. The van der Waals surface area contributed by atoms with Gasteiger partial charge in [-0.05, 0) is 54.8 Å². The Morgan fingerprint density at radius 2 is 1.46 bits per heavy atom. The molecule has 4 heteroatoms. The summed E-state index contributed by atoms with van der Waals surface area (Å²) in [7, 11) is 1.64. The average Bonchev–Trinajstić information content (AvgIpc) is 2.67. The van der Waals surface area contributed by atoms with Crippen molar-refractivity contribution in [1.29, 1.82) is 0 Å². The second-order valence-corrected chi connectivity index (χ2v) is 5.38. The summed E-state index contributed by atoms with van der Waals surface area (Å²) in [6, 6.07) is 15.7. The lowest BCUT2D eigenvalue weighted by Crippen LogP contribution is -1.98. The first-order valence-electron chi connectivity index (χ1n) is 8.60. The van der Waals surface area contributed by atoms with Gasteiger partial charge in [-0.3, -0.25) is 0 Å². The highest BCUT2D eigenvalue weighted by atomic mass is 16.5.